The maximum atomic E-state index is 5.95. The number of nitrogens with two attached hydrogens (primary N) is 1. The summed E-state index contributed by atoms with van der Waals surface area (Å²) in [5, 5.41) is 0.740. The van der Waals surface area contributed by atoms with Crippen molar-refractivity contribution >= 4 is 11.6 Å². The molecule has 4 heteroatoms. The largest absolute Gasteiger partial charge is 0.494 e. The molecule has 0 aliphatic carbocycles. The van der Waals surface area contributed by atoms with Gasteiger partial charge in [0.25, 0.3) is 0 Å². The van der Waals surface area contributed by atoms with E-state index in [9.17, 15) is 0 Å². The van der Waals surface area contributed by atoms with Gasteiger partial charge in [0.2, 0.25) is 0 Å². The van der Waals surface area contributed by atoms with E-state index < -0.39 is 0 Å². The molecule has 0 spiro atoms. The molecule has 1 heterocycles. The second kappa shape index (κ2) is 6.98. The average molecular weight is 269 g/mol. The van der Waals surface area contributed by atoms with Crippen LogP contribution in [0.1, 0.15) is 19.3 Å². The number of halogens is 1. The summed E-state index contributed by atoms with van der Waals surface area (Å²) in [5.41, 5.74) is 5.95. The molecule has 0 saturated carbocycles. The molecule has 1 aliphatic heterocycles. The van der Waals surface area contributed by atoms with Gasteiger partial charge in [-0.25, -0.2) is 0 Å². The molecule has 0 amide bonds. The fourth-order valence-corrected chi connectivity index (χ4v) is 2.43. The molecule has 1 unspecified atom stereocenters. The lowest BCUT2D eigenvalue weighted by atomic mass is 10.1. The van der Waals surface area contributed by atoms with Gasteiger partial charge in [-0.3, -0.25) is 0 Å². The normalized spacial score (nSPS) is 20.9. The van der Waals surface area contributed by atoms with Gasteiger partial charge in [0.15, 0.2) is 0 Å². The minimum atomic E-state index is 0.357. The fraction of sp³-hybridized carbons (Fsp3) is 0.571. The summed E-state index contributed by atoms with van der Waals surface area (Å²) in [6.45, 7) is 4.02. The number of benzene rings is 1. The quantitative estimate of drug-likeness (QED) is 0.834. The molecule has 0 bridgehead atoms. The van der Waals surface area contributed by atoms with E-state index in [0.717, 1.165) is 43.3 Å². The van der Waals surface area contributed by atoms with Crippen LogP contribution in [0, 0.1) is 0 Å². The van der Waals surface area contributed by atoms with Crippen LogP contribution in [-0.2, 0) is 0 Å². The second-order valence-electron chi connectivity index (χ2n) is 4.86. The third-order valence-corrected chi connectivity index (χ3v) is 3.49. The van der Waals surface area contributed by atoms with Crippen molar-refractivity contribution in [3.05, 3.63) is 29.3 Å². The van der Waals surface area contributed by atoms with Crippen molar-refractivity contribution in [1.29, 1.82) is 0 Å². The predicted molar refractivity (Wildman–Crippen MR) is 75.2 cm³/mol. The van der Waals surface area contributed by atoms with Gasteiger partial charge in [0, 0.05) is 24.2 Å². The molecule has 1 aliphatic rings. The number of likely N-dealkylation sites (tertiary alicyclic amines) is 1. The van der Waals surface area contributed by atoms with Crippen molar-refractivity contribution in [1.82, 2.24) is 4.90 Å². The smallest absolute Gasteiger partial charge is 0.119 e. The van der Waals surface area contributed by atoms with Crippen LogP contribution >= 0.6 is 11.6 Å². The van der Waals surface area contributed by atoms with E-state index >= 15 is 0 Å². The van der Waals surface area contributed by atoms with Crippen molar-refractivity contribution in [3.8, 4) is 5.75 Å². The fourth-order valence-electron chi connectivity index (χ4n) is 2.30. The van der Waals surface area contributed by atoms with Gasteiger partial charge in [-0.15, -0.1) is 0 Å². The minimum absolute atomic E-state index is 0.357. The van der Waals surface area contributed by atoms with Gasteiger partial charge in [-0.1, -0.05) is 11.6 Å². The molecular weight excluding hydrogens is 248 g/mol. The number of ether oxygens (including phenoxy) is 1. The first kappa shape index (κ1) is 13.7. The van der Waals surface area contributed by atoms with E-state index in [1.807, 2.05) is 24.3 Å². The van der Waals surface area contributed by atoms with Gasteiger partial charge in [0.05, 0.1) is 6.61 Å². The summed E-state index contributed by atoms with van der Waals surface area (Å²) in [6, 6.07) is 7.86. The zero-order chi connectivity index (χ0) is 12.8. The van der Waals surface area contributed by atoms with E-state index in [0.29, 0.717) is 6.04 Å². The Morgan fingerprint density at radius 1 is 1.33 bits per heavy atom. The summed E-state index contributed by atoms with van der Waals surface area (Å²) in [4.78, 5) is 2.43. The maximum absolute atomic E-state index is 5.95. The lowest BCUT2D eigenvalue weighted by Gasteiger charge is -2.30. The molecule has 2 N–H and O–H groups in total. The molecule has 1 fully saturated rings. The topological polar surface area (TPSA) is 38.5 Å². The lowest BCUT2D eigenvalue weighted by molar-refractivity contribution is 0.190. The highest BCUT2D eigenvalue weighted by Crippen LogP contribution is 2.15. The monoisotopic (exact) mass is 268 g/mol. The third kappa shape index (κ3) is 4.48. The molecule has 100 valence electrons. The van der Waals surface area contributed by atoms with Crippen LogP contribution in [-0.4, -0.2) is 37.2 Å². The first-order valence-electron chi connectivity index (χ1n) is 6.60. The van der Waals surface area contributed by atoms with Crippen LogP contribution in [0.15, 0.2) is 24.3 Å². The van der Waals surface area contributed by atoms with Crippen LogP contribution in [0.3, 0.4) is 0 Å². The molecular formula is C14H21ClN2O. The Hall–Kier alpha value is -0.770. The van der Waals surface area contributed by atoms with Crippen LogP contribution in [0.4, 0.5) is 0 Å². The lowest BCUT2D eigenvalue weighted by Crippen LogP contribution is -2.43. The molecule has 1 aromatic rings. The van der Waals surface area contributed by atoms with Crippen molar-refractivity contribution in [2.45, 2.75) is 25.3 Å². The highest BCUT2D eigenvalue weighted by atomic mass is 35.5. The molecule has 0 aromatic heterocycles. The van der Waals surface area contributed by atoms with E-state index in [2.05, 4.69) is 4.90 Å². The Kier molecular flexibility index (Phi) is 5.29. The van der Waals surface area contributed by atoms with Crippen LogP contribution in [0.25, 0.3) is 0 Å². The average Bonchev–Trinajstić information content (AvgIpc) is 2.37. The van der Waals surface area contributed by atoms with E-state index in [-0.39, 0.29) is 0 Å². The molecule has 18 heavy (non-hydrogen) atoms. The zero-order valence-corrected chi connectivity index (χ0v) is 11.4. The van der Waals surface area contributed by atoms with Crippen molar-refractivity contribution in [3.63, 3.8) is 0 Å². The summed E-state index contributed by atoms with van der Waals surface area (Å²) in [7, 11) is 0. The van der Waals surface area contributed by atoms with Crippen molar-refractivity contribution in [2.24, 2.45) is 5.73 Å². The van der Waals surface area contributed by atoms with E-state index in [1.54, 1.807) is 0 Å². The highest BCUT2D eigenvalue weighted by Gasteiger charge is 2.15. The van der Waals surface area contributed by atoms with Gasteiger partial charge in [0.1, 0.15) is 5.75 Å². The van der Waals surface area contributed by atoms with Gasteiger partial charge >= 0.3 is 0 Å². The maximum Gasteiger partial charge on any atom is 0.119 e. The number of piperidine rings is 1. The summed E-state index contributed by atoms with van der Waals surface area (Å²) in [6.07, 6.45) is 3.42. The number of hydrogen-bond acceptors (Lipinski definition) is 3. The van der Waals surface area contributed by atoms with Gasteiger partial charge in [-0.2, -0.15) is 0 Å². The Bertz CT molecular complexity index is 355. The Morgan fingerprint density at radius 2 is 2.11 bits per heavy atom. The van der Waals surface area contributed by atoms with E-state index in [1.165, 1.54) is 13.0 Å². The van der Waals surface area contributed by atoms with Crippen molar-refractivity contribution < 1.29 is 4.74 Å². The summed E-state index contributed by atoms with van der Waals surface area (Å²) in [5.74, 6) is 0.884. The van der Waals surface area contributed by atoms with Crippen LogP contribution in [0.5, 0.6) is 5.75 Å². The first-order chi connectivity index (χ1) is 8.74. The van der Waals surface area contributed by atoms with Crippen LogP contribution in [0.2, 0.25) is 5.02 Å². The molecule has 0 radical (unpaired) electrons. The van der Waals surface area contributed by atoms with Crippen molar-refractivity contribution in [2.75, 3.05) is 26.2 Å². The van der Waals surface area contributed by atoms with Crippen LogP contribution < -0.4 is 10.5 Å². The zero-order valence-electron chi connectivity index (χ0n) is 10.6. The summed E-state index contributed by atoms with van der Waals surface area (Å²) < 4.78 is 5.66. The predicted octanol–water partition coefficient (Wildman–Crippen LogP) is 2.53. The molecule has 1 aromatic carbocycles. The number of hydrogen-bond donors (Lipinski definition) is 1. The first-order valence-corrected chi connectivity index (χ1v) is 6.98. The standard InChI is InChI=1S/C14H21ClN2O/c15-12-4-6-14(7-5-12)18-10-2-9-17-8-1-3-13(16)11-17/h4-7,13H,1-3,8-11,16H2. The molecule has 1 saturated heterocycles. The molecule has 3 nitrogen and oxygen atoms in total. The summed E-state index contributed by atoms with van der Waals surface area (Å²) >= 11 is 5.81. The second-order valence-corrected chi connectivity index (χ2v) is 5.30. The Balaban J connectivity index is 1.62. The van der Waals surface area contributed by atoms with Gasteiger partial charge < -0.3 is 15.4 Å². The number of nitrogens with zero attached hydrogens (tertiary/aromatic N) is 1. The minimum Gasteiger partial charge on any atom is -0.494 e. The molecule has 2 rings (SSSR count). The number of rotatable bonds is 5. The third-order valence-electron chi connectivity index (χ3n) is 3.24. The SMILES string of the molecule is NC1CCCN(CCCOc2ccc(Cl)cc2)C1. The van der Waals surface area contributed by atoms with Gasteiger partial charge in [-0.05, 0) is 50.1 Å². The van der Waals surface area contributed by atoms with E-state index in [4.69, 9.17) is 22.1 Å². The Morgan fingerprint density at radius 3 is 2.83 bits per heavy atom. The Labute approximate surface area is 114 Å². The molecule has 1 atom stereocenters. The highest BCUT2D eigenvalue weighted by molar-refractivity contribution is 6.30.